The van der Waals surface area contributed by atoms with Gasteiger partial charge in [0.25, 0.3) is 0 Å². The molecule has 94 valence electrons. The number of benzene rings is 1. The first-order chi connectivity index (χ1) is 9.15. The van der Waals surface area contributed by atoms with Crippen molar-refractivity contribution >= 4 is 39.9 Å². The zero-order chi connectivity index (χ0) is 13.4. The van der Waals surface area contributed by atoms with E-state index in [0.29, 0.717) is 32.5 Å². The van der Waals surface area contributed by atoms with Crippen molar-refractivity contribution in [2.75, 3.05) is 5.73 Å². The molecule has 2 N–H and O–H groups in total. The fraction of sp³-hybridized carbons (Fsp3) is 0. The van der Waals surface area contributed by atoms with Crippen molar-refractivity contribution in [1.29, 1.82) is 0 Å². The molecular weight excluding hydrogens is 283 g/mol. The Morgan fingerprint density at radius 2 is 1.84 bits per heavy atom. The van der Waals surface area contributed by atoms with Gasteiger partial charge in [0.05, 0.1) is 40.0 Å². The van der Waals surface area contributed by atoms with E-state index in [-0.39, 0.29) is 0 Å². The van der Waals surface area contributed by atoms with E-state index in [0.717, 1.165) is 5.56 Å². The maximum absolute atomic E-state index is 6.00. The van der Waals surface area contributed by atoms with Crippen LogP contribution in [0, 0.1) is 0 Å². The number of aromatic nitrogens is 3. The minimum Gasteiger partial charge on any atom is -0.396 e. The average Bonchev–Trinajstić information content (AvgIpc) is 2.42. The summed E-state index contributed by atoms with van der Waals surface area (Å²) < 4.78 is 0. The van der Waals surface area contributed by atoms with Gasteiger partial charge in [-0.25, -0.2) is 4.98 Å². The summed E-state index contributed by atoms with van der Waals surface area (Å²) in [5, 5.41) is 0.978. The summed E-state index contributed by atoms with van der Waals surface area (Å²) in [4.78, 5) is 12.8. The standard InChI is InChI=1S/C13H8Cl2N4/c14-8-2-1-7(3-9(8)15)11-6-18-12-5-17-4-10(16)13(12)19-11/h1-6H,16H2. The highest BCUT2D eigenvalue weighted by Gasteiger charge is 2.07. The molecule has 3 aromatic rings. The van der Waals surface area contributed by atoms with Crippen LogP contribution in [0.5, 0.6) is 0 Å². The van der Waals surface area contributed by atoms with Gasteiger partial charge in [-0.05, 0) is 12.1 Å². The summed E-state index contributed by atoms with van der Waals surface area (Å²) in [6, 6.07) is 5.31. The summed E-state index contributed by atoms with van der Waals surface area (Å²) in [5.74, 6) is 0. The van der Waals surface area contributed by atoms with Crippen molar-refractivity contribution in [2.24, 2.45) is 0 Å². The topological polar surface area (TPSA) is 64.7 Å². The molecule has 0 bridgehead atoms. The summed E-state index contributed by atoms with van der Waals surface area (Å²) in [5.41, 5.74) is 9.14. The highest BCUT2D eigenvalue weighted by Crippen LogP contribution is 2.28. The van der Waals surface area contributed by atoms with E-state index in [1.165, 1.54) is 0 Å². The van der Waals surface area contributed by atoms with Crippen LogP contribution in [0.1, 0.15) is 0 Å². The molecule has 0 fully saturated rings. The van der Waals surface area contributed by atoms with Gasteiger partial charge in [0.2, 0.25) is 0 Å². The number of rotatable bonds is 1. The highest BCUT2D eigenvalue weighted by atomic mass is 35.5. The van der Waals surface area contributed by atoms with E-state index >= 15 is 0 Å². The second-order valence-corrected chi connectivity index (χ2v) is 4.79. The van der Waals surface area contributed by atoms with Crippen molar-refractivity contribution in [1.82, 2.24) is 15.0 Å². The van der Waals surface area contributed by atoms with Gasteiger partial charge in [0.1, 0.15) is 11.0 Å². The van der Waals surface area contributed by atoms with E-state index < -0.39 is 0 Å². The van der Waals surface area contributed by atoms with Crippen LogP contribution in [-0.2, 0) is 0 Å². The molecule has 0 aliphatic heterocycles. The minimum absolute atomic E-state index is 0.476. The predicted octanol–water partition coefficient (Wildman–Crippen LogP) is 3.58. The molecule has 0 spiro atoms. The van der Waals surface area contributed by atoms with Gasteiger partial charge in [0.15, 0.2) is 0 Å². The van der Waals surface area contributed by atoms with Crippen LogP contribution in [0.3, 0.4) is 0 Å². The number of hydrogen-bond acceptors (Lipinski definition) is 4. The minimum atomic E-state index is 0.476. The monoisotopic (exact) mass is 290 g/mol. The van der Waals surface area contributed by atoms with E-state index in [1.54, 1.807) is 30.7 Å². The zero-order valence-corrected chi connectivity index (χ0v) is 11.2. The Bertz CT molecular complexity index is 774. The number of nitrogens with zero attached hydrogens (tertiary/aromatic N) is 3. The smallest absolute Gasteiger partial charge is 0.115 e. The number of pyridine rings is 1. The van der Waals surface area contributed by atoms with Crippen LogP contribution < -0.4 is 5.73 Å². The van der Waals surface area contributed by atoms with Crippen LogP contribution >= 0.6 is 23.2 Å². The third-order valence-electron chi connectivity index (χ3n) is 2.70. The Morgan fingerprint density at radius 3 is 2.63 bits per heavy atom. The number of halogens is 2. The van der Waals surface area contributed by atoms with Gasteiger partial charge in [-0.1, -0.05) is 29.3 Å². The molecule has 6 heteroatoms. The number of hydrogen-bond donors (Lipinski definition) is 1. The normalized spacial score (nSPS) is 10.8. The van der Waals surface area contributed by atoms with Crippen molar-refractivity contribution in [2.45, 2.75) is 0 Å². The second kappa shape index (κ2) is 4.64. The Labute approximate surface area is 119 Å². The van der Waals surface area contributed by atoms with E-state index in [4.69, 9.17) is 28.9 Å². The molecule has 2 heterocycles. The SMILES string of the molecule is Nc1cncc2ncc(-c3ccc(Cl)c(Cl)c3)nc12. The molecule has 4 nitrogen and oxygen atoms in total. The van der Waals surface area contributed by atoms with Crippen molar-refractivity contribution in [3.63, 3.8) is 0 Å². The molecule has 19 heavy (non-hydrogen) atoms. The van der Waals surface area contributed by atoms with Crippen LogP contribution in [0.4, 0.5) is 5.69 Å². The number of fused-ring (bicyclic) bond motifs is 1. The van der Waals surface area contributed by atoms with Crippen molar-refractivity contribution in [3.8, 4) is 11.3 Å². The maximum Gasteiger partial charge on any atom is 0.115 e. The molecule has 0 saturated carbocycles. The van der Waals surface area contributed by atoms with E-state index in [9.17, 15) is 0 Å². The molecule has 0 atom stereocenters. The quantitative estimate of drug-likeness (QED) is 0.744. The molecule has 0 unspecified atom stereocenters. The van der Waals surface area contributed by atoms with E-state index in [2.05, 4.69) is 15.0 Å². The van der Waals surface area contributed by atoms with Crippen molar-refractivity contribution < 1.29 is 0 Å². The lowest BCUT2D eigenvalue weighted by molar-refractivity contribution is 1.25. The largest absolute Gasteiger partial charge is 0.396 e. The lowest BCUT2D eigenvalue weighted by atomic mass is 10.1. The zero-order valence-electron chi connectivity index (χ0n) is 9.64. The maximum atomic E-state index is 6.00. The molecule has 0 aliphatic rings. The van der Waals surface area contributed by atoms with E-state index in [1.807, 2.05) is 6.07 Å². The fourth-order valence-corrected chi connectivity index (χ4v) is 2.05. The first kappa shape index (κ1) is 12.1. The Kier molecular flexibility index (Phi) is 2.97. The van der Waals surface area contributed by atoms with Crippen LogP contribution in [0.15, 0.2) is 36.8 Å². The van der Waals surface area contributed by atoms with Gasteiger partial charge < -0.3 is 5.73 Å². The highest BCUT2D eigenvalue weighted by molar-refractivity contribution is 6.42. The number of anilines is 1. The first-order valence-corrected chi connectivity index (χ1v) is 6.22. The summed E-state index contributed by atoms with van der Waals surface area (Å²) in [6.45, 7) is 0. The van der Waals surface area contributed by atoms with Gasteiger partial charge in [-0.2, -0.15) is 0 Å². The average molecular weight is 291 g/mol. The fourth-order valence-electron chi connectivity index (χ4n) is 1.75. The van der Waals surface area contributed by atoms with Gasteiger partial charge in [-0.3, -0.25) is 9.97 Å². The molecule has 0 saturated heterocycles. The molecule has 0 radical (unpaired) electrons. The van der Waals surface area contributed by atoms with Crippen LogP contribution in [-0.4, -0.2) is 15.0 Å². The van der Waals surface area contributed by atoms with Gasteiger partial charge in [0, 0.05) is 5.56 Å². The molecule has 0 amide bonds. The summed E-state index contributed by atoms with van der Waals surface area (Å²) in [7, 11) is 0. The third kappa shape index (κ3) is 2.20. The molecule has 3 rings (SSSR count). The number of nitrogens with two attached hydrogens (primary N) is 1. The van der Waals surface area contributed by atoms with Crippen LogP contribution in [0.2, 0.25) is 10.0 Å². The lowest BCUT2D eigenvalue weighted by Crippen LogP contribution is -1.95. The predicted molar refractivity (Wildman–Crippen MR) is 77.2 cm³/mol. The molecule has 2 aromatic heterocycles. The third-order valence-corrected chi connectivity index (χ3v) is 3.44. The summed E-state index contributed by atoms with van der Waals surface area (Å²) in [6.07, 6.45) is 4.83. The lowest BCUT2D eigenvalue weighted by Gasteiger charge is -2.05. The molecule has 1 aromatic carbocycles. The Morgan fingerprint density at radius 1 is 1.00 bits per heavy atom. The summed E-state index contributed by atoms with van der Waals surface area (Å²) >= 11 is 11.9. The Balaban J connectivity index is 2.20. The van der Waals surface area contributed by atoms with Gasteiger partial charge >= 0.3 is 0 Å². The van der Waals surface area contributed by atoms with Gasteiger partial charge in [-0.15, -0.1) is 0 Å². The van der Waals surface area contributed by atoms with Crippen LogP contribution in [0.25, 0.3) is 22.3 Å². The van der Waals surface area contributed by atoms with Crippen molar-refractivity contribution in [3.05, 3.63) is 46.8 Å². The molecular formula is C13H8Cl2N4. The number of nitrogen functional groups attached to an aromatic ring is 1. The molecule has 0 aliphatic carbocycles. The second-order valence-electron chi connectivity index (χ2n) is 3.98. The first-order valence-electron chi connectivity index (χ1n) is 5.47. The Hall–Kier alpha value is -1.91.